The van der Waals surface area contributed by atoms with Crippen molar-refractivity contribution in [2.45, 2.75) is 6.92 Å². The van der Waals surface area contributed by atoms with Gasteiger partial charge >= 0.3 is 0 Å². The molecule has 0 fully saturated rings. The number of fused-ring (bicyclic) bond motifs is 3. The number of nitrogen functional groups attached to an aromatic ring is 1. The van der Waals surface area contributed by atoms with Gasteiger partial charge in [0.05, 0.1) is 16.7 Å². The molecule has 5 heteroatoms. The van der Waals surface area contributed by atoms with Gasteiger partial charge in [0.2, 0.25) is 0 Å². The highest BCUT2D eigenvalue weighted by Crippen LogP contribution is 2.40. The zero-order valence-corrected chi connectivity index (χ0v) is 10.8. The van der Waals surface area contributed by atoms with E-state index in [0.29, 0.717) is 17.4 Å². The standard InChI is InChI=1S/C15H12N4O/c1-8-2-4-11-13(6-8)20-15-14(18-11)17-10-5-3-9(16)7-12(10)19-15/h2-7H,16H2,1H3,(H,17,18). The van der Waals surface area contributed by atoms with Gasteiger partial charge in [-0.05, 0) is 42.8 Å². The van der Waals surface area contributed by atoms with E-state index in [-0.39, 0.29) is 0 Å². The normalized spacial score (nSPS) is 12.2. The van der Waals surface area contributed by atoms with E-state index in [1.54, 1.807) is 6.07 Å². The van der Waals surface area contributed by atoms with Gasteiger partial charge in [0.1, 0.15) is 0 Å². The summed E-state index contributed by atoms with van der Waals surface area (Å²) >= 11 is 0. The number of rotatable bonds is 0. The number of nitrogens with one attached hydrogen (secondary N) is 1. The van der Waals surface area contributed by atoms with Crippen LogP contribution in [0.3, 0.4) is 0 Å². The molecule has 1 aromatic heterocycles. The third kappa shape index (κ3) is 1.64. The Balaban J connectivity index is 1.89. The van der Waals surface area contributed by atoms with Crippen molar-refractivity contribution in [3.05, 3.63) is 42.0 Å². The smallest absolute Gasteiger partial charge is 0.263 e. The first-order valence-electron chi connectivity index (χ1n) is 6.32. The minimum Gasteiger partial charge on any atom is -0.434 e. The lowest BCUT2D eigenvalue weighted by Crippen LogP contribution is -2.07. The summed E-state index contributed by atoms with van der Waals surface area (Å²) in [4.78, 5) is 9.00. The van der Waals surface area contributed by atoms with E-state index in [2.05, 4.69) is 15.3 Å². The predicted octanol–water partition coefficient (Wildman–Crippen LogP) is 3.37. The van der Waals surface area contributed by atoms with Crippen LogP contribution in [0.25, 0.3) is 11.0 Å². The molecule has 3 aromatic rings. The van der Waals surface area contributed by atoms with E-state index < -0.39 is 0 Å². The van der Waals surface area contributed by atoms with Crippen molar-refractivity contribution in [2.24, 2.45) is 0 Å². The van der Waals surface area contributed by atoms with Crippen molar-refractivity contribution in [2.75, 3.05) is 11.1 Å². The highest BCUT2D eigenvalue weighted by molar-refractivity contribution is 5.83. The molecule has 0 amide bonds. The molecule has 5 nitrogen and oxygen atoms in total. The maximum absolute atomic E-state index is 5.83. The second-order valence-electron chi connectivity index (χ2n) is 4.85. The molecule has 2 aromatic carbocycles. The Hall–Kier alpha value is -2.82. The molecule has 0 bridgehead atoms. The summed E-state index contributed by atoms with van der Waals surface area (Å²) in [5, 5.41) is 3.24. The lowest BCUT2D eigenvalue weighted by atomic mass is 10.2. The van der Waals surface area contributed by atoms with E-state index in [4.69, 9.17) is 10.5 Å². The summed E-state index contributed by atoms with van der Waals surface area (Å²) < 4.78 is 5.83. The van der Waals surface area contributed by atoms with E-state index in [0.717, 1.165) is 28.0 Å². The van der Waals surface area contributed by atoms with Crippen LogP contribution in [0.1, 0.15) is 5.56 Å². The number of anilines is 3. The van der Waals surface area contributed by atoms with Gasteiger partial charge in [-0.15, -0.1) is 0 Å². The molecule has 3 N–H and O–H groups in total. The summed E-state index contributed by atoms with van der Waals surface area (Å²) in [6.45, 7) is 2.02. The number of hydrogen-bond donors (Lipinski definition) is 2. The third-order valence-corrected chi connectivity index (χ3v) is 3.25. The molecule has 0 saturated heterocycles. The van der Waals surface area contributed by atoms with Crippen LogP contribution in [0.15, 0.2) is 36.4 Å². The molecule has 2 heterocycles. The van der Waals surface area contributed by atoms with E-state index in [1.165, 1.54) is 0 Å². The van der Waals surface area contributed by atoms with Crippen LogP contribution in [0.4, 0.5) is 17.2 Å². The average Bonchev–Trinajstić information content (AvgIpc) is 2.43. The van der Waals surface area contributed by atoms with Crippen LogP contribution in [0.5, 0.6) is 11.6 Å². The van der Waals surface area contributed by atoms with Crippen LogP contribution in [-0.4, -0.2) is 9.97 Å². The average molecular weight is 264 g/mol. The molecule has 4 rings (SSSR count). The molecule has 0 spiro atoms. The molecule has 0 saturated carbocycles. The molecule has 1 aliphatic heterocycles. The molecule has 0 unspecified atom stereocenters. The highest BCUT2D eigenvalue weighted by Gasteiger charge is 2.19. The Bertz CT molecular complexity index is 845. The van der Waals surface area contributed by atoms with E-state index in [1.807, 2.05) is 37.3 Å². The van der Waals surface area contributed by atoms with Crippen molar-refractivity contribution < 1.29 is 4.74 Å². The van der Waals surface area contributed by atoms with Crippen LogP contribution >= 0.6 is 0 Å². The third-order valence-electron chi connectivity index (χ3n) is 3.25. The predicted molar refractivity (Wildman–Crippen MR) is 78.5 cm³/mol. The van der Waals surface area contributed by atoms with Gasteiger partial charge in [0.25, 0.3) is 5.88 Å². The van der Waals surface area contributed by atoms with Crippen molar-refractivity contribution in [1.29, 1.82) is 0 Å². The maximum Gasteiger partial charge on any atom is 0.263 e. The number of hydrogen-bond acceptors (Lipinski definition) is 5. The first-order valence-corrected chi connectivity index (χ1v) is 6.32. The fraction of sp³-hybridized carbons (Fsp3) is 0.0667. The summed E-state index contributed by atoms with van der Waals surface area (Å²) in [6, 6.07) is 11.4. The Morgan fingerprint density at radius 1 is 1.05 bits per heavy atom. The zero-order valence-electron chi connectivity index (χ0n) is 10.8. The molecule has 20 heavy (non-hydrogen) atoms. The topological polar surface area (TPSA) is 73.1 Å². The molecule has 1 aliphatic rings. The fourth-order valence-corrected chi connectivity index (χ4v) is 2.26. The Morgan fingerprint density at radius 2 is 1.95 bits per heavy atom. The number of nitrogens with two attached hydrogens (primary N) is 1. The summed E-state index contributed by atoms with van der Waals surface area (Å²) in [6.07, 6.45) is 0. The minimum atomic E-state index is 0.473. The number of aryl methyl sites for hydroxylation is 1. The van der Waals surface area contributed by atoms with Gasteiger partial charge in [0, 0.05) is 5.69 Å². The van der Waals surface area contributed by atoms with Gasteiger partial charge < -0.3 is 15.8 Å². The largest absolute Gasteiger partial charge is 0.434 e. The number of ether oxygens (including phenoxy) is 1. The van der Waals surface area contributed by atoms with Crippen molar-refractivity contribution >= 4 is 28.2 Å². The molecular weight excluding hydrogens is 252 g/mol. The molecule has 0 aliphatic carbocycles. The minimum absolute atomic E-state index is 0.473. The van der Waals surface area contributed by atoms with E-state index in [9.17, 15) is 0 Å². The second-order valence-corrected chi connectivity index (χ2v) is 4.85. The molecule has 98 valence electrons. The van der Waals surface area contributed by atoms with Gasteiger partial charge in [0.15, 0.2) is 11.6 Å². The maximum atomic E-state index is 5.83. The summed E-state index contributed by atoms with van der Waals surface area (Å²) in [5.74, 6) is 1.86. The number of aromatic nitrogens is 2. The number of nitrogens with zero attached hydrogens (tertiary/aromatic N) is 2. The summed E-state index contributed by atoms with van der Waals surface area (Å²) in [7, 11) is 0. The van der Waals surface area contributed by atoms with Gasteiger partial charge in [-0.25, -0.2) is 9.97 Å². The quantitative estimate of drug-likeness (QED) is 0.476. The lowest BCUT2D eigenvalue weighted by Gasteiger charge is -2.20. The van der Waals surface area contributed by atoms with Gasteiger partial charge in [-0.2, -0.15) is 0 Å². The van der Waals surface area contributed by atoms with Gasteiger partial charge in [-0.3, -0.25) is 0 Å². The van der Waals surface area contributed by atoms with Crippen LogP contribution < -0.4 is 15.8 Å². The molecule has 0 radical (unpaired) electrons. The molecule has 0 atom stereocenters. The van der Waals surface area contributed by atoms with Crippen molar-refractivity contribution in [1.82, 2.24) is 9.97 Å². The Labute approximate surface area is 115 Å². The van der Waals surface area contributed by atoms with Crippen LogP contribution in [0.2, 0.25) is 0 Å². The second kappa shape index (κ2) is 3.84. The monoisotopic (exact) mass is 264 g/mol. The Kier molecular flexibility index (Phi) is 2.12. The zero-order chi connectivity index (χ0) is 13.7. The molecular formula is C15H12N4O. The lowest BCUT2D eigenvalue weighted by molar-refractivity contribution is 0.461. The summed E-state index contributed by atoms with van der Waals surface area (Å²) in [5.41, 5.74) is 9.96. The van der Waals surface area contributed by atoms with Crippen molar-refractivity contribution in [3.8, 4) is 11.6 Å². The number of benzene rings is 2. The first kappa shape index (κ1) is 11.0. The Morgan fingerprint density at radius 3 is 2.85 bits per heavy atom. The van der Waals surface area contributed by atoms with Crippen LogP contribution in [0, 0.1) is 6.92 Å². The van der Waals surface area contributed by atoms with E-state index >= 15 is 0 Å². The van der Waals surface area contributed by atoms with Gasteiger partial charge in [-0.1, -0.05) is 6.07 Å². The van der Waals surface area contributed by atoms with Crippen LogP contribution in [-0.2, 0) is 0 Å². The first-order chi connectivity index (χ1) is 9.69. The SMILES string of the molecule is Cc1ccc2c(c1)Oc1nc3cc(N)ccc3nc1N2. The fourth-order valence-electron chi connectivity index (χ4n) is 2.26. The highest BCUT2D eigenvalue weighted by atomic mass is 16.5. The van der Waals surface area contributed by atoms with Crippen molar-refractivity contribution in [3.63, 3.8) is 0 Å².